The molecule has 1 saturated carbocycles. The summed E-state index contributed by atoms with van der Waals surface area (Å²) < 4.78 is 13.8. The van der Waals surface area contributed by atoms with Crippen LogP contribution in [0, 0.1) is 0 Å². The Balaban J connectivity index is 1.50. The number of rotatable bonds is 7. The van der Waals surface area contributed by atoms with Crippen molar-refractivity contribution in [3.05, 3.63) is 36.7 Å². The summed E-state index contributed by atoms with van der Waals surface area (Å²) in [5.41, 5.74) is 8.02. The third-order valence-electron chi connectivity index (χ3n) is 5.45. The third-order valence-corrected chi connectivity index (χ3v) is 5.45. The lowest BCUT2D eigenvalue weighted by molar-refractivity contribution is 0.0944. The Morgan fingerprint density at radius 3 is 2.97 bits per heavy atom. The normalized spacial score (nSPS) is 18.6. The van der Waals surface area contributed by atoms with Crippen molar-refractivity contribution in [2.75, 3.05) is 25.1 Å². The highest BCUT2D eigenvalue weighted by atomic mass is 16.5. The Hall–Kier alpha value is -3.17. The molecule has 0 aromatic carbocycles. The molecule has 0 spiro atoms. The molecule has 9 heteroatoms. The topological polar surface area (TPSA) is 115 Å². The van der Waals surface area contributed by atoms with E-state index in [9.17, 15) is 0 Å². The van der Waals surface area contributed by atoms with Gasteiger partial charge in [-0.15, -0.1) is 5.10 Å². The van der Waals surface area contributed by atoms with E-state index < -0.39 is 0 Å². The van der Waals surface area contributed by atoms with Gasteiger partial charge in [0.1, 0.15) is 23.2 Å². The second-order valence-corrected chi connectivity index (χ2v) is 7.71. The van der Waals surface area contributed by atoms with Crippen LogP contribution in [-0.4, -0.2) is 57.0 Å². The van der Waals surface area contributed by atoms with Gasteiger partial charge in [0, 0.05) is 38.5 Å². The Morgan fingerprint density at radius 2 is 2.17 bits per heavy atom. The number of aliphatic hydroxyl groups excluding tert-OH is 1. The van der Waals surface area contributed by atoms with Crippen LogP contribution in [0.3, 0.4) is 0 Å². The van der Waals surface area contributed by atoms with Crippen LogP contribution in [-0.2, 0) is 0 Å². The van der Waals surface area contributed by atoms with E-state index in [2.05, 4.69) is 15.1 Å². The van der Waals surface area contributed by atoms with Gasteiger partial charge in [-0.2, -0.15) is 0 Å². The van der Waals surface area contributed by atoms with Gasteiger partial charge in [-0.3, -0.25) is 0 Å². The fourth-order valence-electron chi connectivity index (χ4n) is 3.75. The summed E-state index contributed by atoms with van der Waals surface area (Å²) >= 11 is 0. The second-order valence-electron chi connectivity index (χ2n) is 7.71. The van der Waals surface area contributed by atoms with Gasteiger partial charge in [0.15, 0.2) is 11.4 Å². The predicted molar refractivity (Wildman–Crippen MR) is 113 cm³/mol. The zero-order valence-corrected chi connectivity index (χ0v) is 16.7. The molecule has 156 valence electrons. The van der Waals surface area contributed by atoms with E-state index in [0.717, 1.165) is 35.3 Å². The maximum absolute atomic E-state index is 9.12. The van der Waals surface area contributed by atoms with Crippen LogP contribution in [0.15, 0.2) is 41.1 Å². The number of anilines is 1. The zero-order valence-electron chi connectivity index (χ0n) is 16.7. The standard InChI is InChI=1S/C21H24N6O3/c1-26(7-2-8-28)21-15-11-18(30-17(15)5-6-23-21)16-12-24-19-3-4-20(25-27(16)19)29-14-9-13(22)10-14/h3-6,11-14,28H,2,7-10,22H2,1H3. The van der Waals surface area contributed by atoms with E-state index in [1.807, 2.05) is 36.2 Å². The third kappa shape index (κ3) is 3.35. The van der Waals surface area contributed by atoms with E-state index in [1.54, 1.807) is 16.9 Å². The van der Waals surface area contributed by atoms with Gasteiger partial charge in [0.25, 0.3) is 0 Å². The second kappa shape index (κ2) is 7.58. The molecule has 0 bridgehead atoms. The molecule has 5 rings (SSSR count). The van der Waals surface area contributed by atoms with Crippen molar-refractivity contribution >= 4 is 22.4 Å². The van der Waals surface area contributed by atoms with Gasteiger partial charge in [-0.25, -0.2) is 14.5 Å². The first-order chi connectivity index (χ1) is 14.6. The lowest BCUT2D eigenvalue weighted by Crippen LogP contribution is -2.43. The van der Waals surface area contributed by atoms with Gasteiger partial charge >= 0.3 is 0 Å². The summed E-state index contributed by atoms with van der Waals surface area (Å²) in [5, 5.41) is 14.6. The average Bonchev–Trinajstić information content (AvgIpc) is 3.34. The molecule has 1 aliphatic carbocycles. The van der Waals surface area contributed by atoms with Crippen LogP contribution in [0.1, 0.15) is 19.3 Å². The summed E-state index contributed by atoms with van der Waals surface area (Å²) in [7, 11) is 1.95. The van der Waals surface area contributed by atoms with Crippen molar-refractivity contribution in [2.45, 2.75) is 31.4 Å². The SMILES string of the molecule is CN(CCCO)c1nccc2oc(-c3cnc4ccc(OC5CC(N)C5)nn34)cc12. The number of pyridine rings is 1. The number of furan rings is 1. The molecule has 0 unspecified atom stereocenters. The number of nitrogens with two attached hydrogens (primary N) is 1. The first-order valence-electron chi connectivity index (χ1n) is 10.1. The van der Waals surface area contributed by atoms with Gasteiger partial charge in [-0.1, -0.05) is 0 Å². The van der Waals surface area contributed by atoms with Crippen molar-refractivity contribution in [1.29, 1.82) is 0 Å². The van der Waals surface area contributed by atoms with Gasteiger partial charge < -0.3 is 24.9 Å². The predicted octanol–water partition coefficient (Wildman–Crippen LogP) is 2.22. The largest absolute Gasteiger partial charge is 0.473 e. The summed E-state index contributed by atoms with van der Waals surface area (Å²) in [6, 6.07) is 7.72. The molecular weight excluding hydrogens is 384 g/mol. The van der Waals surface area contributed by atoms with Gasteiger partial charge in [0.2, 0.25) is 5.88 Å². The molecule has 9 nitrogen and oxygen atoms in total. The minimum Gasteiger partial charge on any atom is -0.473 e. The Morgan fingerprint density at radius 1 is 1.30 bits per heavy atom. The molecule has 0 amide bonds. The summed E-state index contributed by atoms with van der Waals surface area (Å²) in [4.78, 5) is 11.0. The van der Waals surface area contributed by atoms with Crippen molar-refractivity contribution in [2.24, 2.45) is 5.73 Å². The minimum absolute atomic E-state index is 0.117. The molecule has 1 aliphatic rings. The highest BCUT2D eigenvalue weighted by molar-refractivity contribution is 5.91. The first kappa shape index (κ1) is 18.8. The van der Waals surface area contributed by atoms with Gasteiger partial charge in [0.05, 0.1) is 11.6 Å². The molecule has 0 radical (unpaired) electrons. The number of fused-ring (bicyclic) bond motifs is 2. The number of imidazole rings is 1. The van der Waals surface area contributed by atoms with Gasteiger partial charge in [-0.05, 0) is 37.5 Å². The summed E-state index contributed by atoms with van der Waals surface area (Å²) in [6.45, 7) is 0.841. The molecular formula is C21H24N6O3. The minimum atomic E-state index is 0.117. The summed E-state index contributed by atoms with van der Waals surface area (Å²) in [6.07, 6.45) is 5.95. The van der Waals surface area contributed by atoms with Crippen LogP contribution < -0.4 is 15.4 Å². The van der Waals surface area contributed by atoms with Crippen LogP contribution in [0.25, 0.3) is 28.1 Å². The molecule has 3 N–H and O–H groups in total. The number of aliphatic hydroxyl groups is 1. The molecule has 1 fully saturated rings. The number of ether oxygens (including phenoxy) is 1. The number of nitrogens with zero attached hydrogens (tertiary/aromatic N) is 5. The van der Waals surface area contributed by atoms with Crippen molar-refractivity contribution in [3.8, 4) is 17.3 Å². The highest BCUT2D eigenvalue weighted by Gasteiger charge is 2.28. The molecule has 4 aromatic rings. The average molecular weight is 408 g/mol. The van der Waals surface area contributed by atoms with E-state index >= 15 is 0 Å². The Labute approximate surface area is 173 Å². The quantitative estimate of drug-likeness (QED) is 0.478. The van der Waals surface area contributed by atoms with Crippen molar-refractivity contribution in [1.82, 2.24) is 19.6 Å². The maximum atomic E-state index is 9.12. The van der Waals surface area contributed by atoms with Crippen LogP contribution >= 0.6 is 0 Å². The lowest BCUT2D eigenvalue weighted by Gasteiger charge is -2.31. The van der Waals surface area contributed by atoms with Crippen molar-refractivity contribution < 1.29 is 14.3 Å². The van der Waals surface area contributed by atoms with E-state index in [1.165, 1.54) is 0 Å². The number of hydrogen-bond donors (Lipinski definition) is 2. The molecule has 0 saturated heterocycles. The molecule has 4 aromatic heterocycles. The summed E-state index contributed by atoms with van der Waals surface area (Å²) in [5.74, 6) is 2.00. The van der Waals surface area contributed by atoms with E-state index in [0.29, 0.717) is 30.3 Å². The molecule has 0 atom stereocenters. The maximum Gasteiger partial charge on any atom is 0.232 e. The monoisotopic (exact) mass is 408 g/mol. The first-order valence-corrected chi connectivity index (χ1v) is 10.1. The van der Waals surface area contributed by atoms with E-state index in [4.69, 9.17) is 20.0 Å². The van der Waals surface area contributed by atoms with Crippen molar-refractivity contribution in [3.63, 3.8) is 0 Å². The fraction of sp³-hybridized carbons (Fsp3) is 0.381. The Kier molecular flexibility index (Phi) is 4.76. The highest BCUT2D eigenvalue weighted by Crippen LogP contribution is 2.33. The number of aromatic nitrogens is 4. The molecule has 0 aliphatic heterocycles. The Bertz CT molecular complexity index is 1180. The smallest absolute Gasteiger partial charge is 0.232 e. The van der Waals surface area contributed by atoms with E-state index in [-0.39, 0.29) is 18.8 Å². The van der Waals surface area contributed by atoms with Crippen LogP contribution in [0.5, 0.6) is 5.88 Å². The van der Waals surface area contributed by atoms with Crippen LogP contribution in [0.4, 0.5) is 5.82 Å². The fourth-order valence-corrected chi connectivity index (χ4v) is 3.75. The molecule has 4 heterocycles. The molecule has 30 heavy (non-hydrogen) atoms. The lowest BCUT2D eigenvalue weighted by atomic mass is 9.90. The zero-order chi connectivity index (χ0) is 20.7. The van der Waals surface area contributed by atoms with Crippen LogP contribution in [0.2, 0.25) is 0 Å². The number of hydrogen-bond acceptors (Lipinski definition) is 8.